The topological polar surface area (TPSA) is 26.3 Å². The largest absolute Gasteiger partial charge is 0.466 e. The van der Waals surface area contributed by atoms with Gasteiger partial charge in [-0.25, -0.2) is 4.39 Å². The molecular formula is C15H21FO2. The van der Waals surface area contributed by atoms with Crippen LogP contribution in [0.1, 0.15) is 43.7 Å². The van der Waals surface area contributed by atoms with Crippen molar-refractivity contribution in [3.8, 4) is 0 Å². The molecule has 100 valence electrons. The van der Waals surface area contributed by atoms with Crippen molar-refractivity contribution in [3.63, 3.8) is 0 Å². The lowest BCUT2D eigenvalue weighted by atomic mass is 10.0. The summed E-state index contributed by atoms with van der Waals surface area (Å²) in [4.78, 5) is 11.1. The SMILES string of the molecule is CCOC(=O)CCCCCc1cccc(C)c1F. The van der Waals surface area contributed by atoms with E-state index in [9.17, 15) is 9.18 Å². The minimum Gasteiger partial charge on any atom is -0.466 e. The fourth-order valence-electron chi connectivity index (χ4n) is 1.90. The predicted octanol–water partition coefficient (Wildman–Crippen LogP) is 3.80. The first kappa shape index (κ1) is 14.7. The monoisotopic (exact) mass is 252 g/mol. The van der Waals surface area contributed by atoms with Crippen molar-refractivity contribution < 1.29 is 13.9 Å². The number of ether oxygens (including phenoxy) is 1. The Balaban J connectivity index is 2.22. The van der Waals surface area contributed by atoms with E-state index in [0.717, 1.165) is 31.2 Å². The molecule has 0 spiro atoms. The molecule has 1 aromatic rings. The second kappa shape index (κ2) is 7.85. The van der Waals surface area contributed by atoms with Gasteiger partial charge in [0, 0.05) is 6.42 Å². The van der Waals surface area contributed by atoms with E-state index in [1.165, 1.54) is 0 Å². The van der Waals surface area contributed by atoms with Crippen LogP contribution in [0, 0.1) is 12.7 Å². The van der Waals surface area contributed by atoms with Crippen LogP contribution in [0.4, 0.5) is 4.39 Å². The molecule has 0 saturated carbocycles. The van der Waals surface area contributed by atoms with Crippen LogP contribution in [0.5, 0.6) is 0 Å². The summed E-state index contributed by atoms with van der Waals surface area (Å²) in [7, 11) is 0. The van der Waals surface area contributed by atoms with Gasteiger partial charge >= 0.3 is 5.97 Å². The summed E-state index contributed by atoms with van der Waals surface area (Å²) in [6.07, 6.45) is 3.83. The maximum atomic E-state index is 13.7. The Morgan fingerprint density at radius 2 is 2.06 bits per heavy atom. The molecule has 0 heterocycles. The third-order valence-corrected chi connectivity index (χ3v) is 2.90. The summed E-state index contributed by atoms with van der Waals surface area (Å²) in [5.74, 6) is -0.234. The summed E-state index contributed by atoms with van der Waals surface area (Å²) in [5, 5.41) is 0. The molecule has 0 unspecified atom stereocenters. The fraction of sp³-hybridized carbons (Fsp3) is 0.533. The highest BCUT2D eigenvalue weighted by molar-refractivity contribution is 5.69. The van der Waals surface area contributed by atoms with Crippen LogP contribution in [-0.2, 0) is 16.0 Å². The van der Waals surface area contributed by atoms with Crippen LogP contribution >= 0.6 is 0 Å². The molecular weight excluding hydrogens is 231 g/mol. The Hall–Kier alpha value is -1.38. The van der Waals surface area contributed by atoms with Crippen molar-refractivity contribution in [1.82, 2.24) is 0 Å². The number of carbonyl (C=O) groups excluding carboxylic acids is 1. The summed E-state index contributed by atoms with van der Waals surface area (Å²) in [6.45, 7) is 4.02. The Morgan fingerprint density at radius 1 is 1.28 bits per heavy atom. The highest BCUT2D eigenvalue weighted by atomic mass is 19.1. The number of benzene rings is 1. The minimum absolute atomic E-state index is 0.0945. The quantitative estimate of drug-likeness (QED) is 0.545. The zero-order valence-electron chi connectivity index (χ0n) is 11.2. The molecule has 0 aliphatic heterocycles. The lowest BCUT2D eigenvalue weighted by Gasteiger charge is -2.05. The van der Waals surface area contributed by atoms with Gasteiger partial charge in [-0.15, -0.1) is 0 Å². The number of hydrogen-bond donors (Lipinski definition) is 0. The molecule has 0 saturated heterocycles. The second-order valence-corrected chi connectivity index (χ2v) is 4.41. The van der Waals surface area contributed by atoms with Crippen molar-refractivity contribution in [3.05, 3.63) is 35.1 Å². The molecule has 0 fully saturated rings. The van der Waals surface area contributed by atoms with Gasteiger partial charge in [-0.05, 0) is 44.2 Å². The standard InChI is InChI=1S/C15H21FO2/c1-3-18-14(17)11-6-4-5-9-13-10-7-8-12(2)15(13)16/h7-8,10H,3-6,9,11H2,1-2H3. The summed E-state index contributed by atoms with van der Waals surface area (Å²) >= 11 is 0. The number of rotatable bonds is 7. The van der Waals surface area contributed by atoms with E-state index in [4.69, 9.17) is 4.74 Å². The molecule has 0 N–H and O–H groups in total. The number of aryl methyl sites for hydroxylation is 2. The molecule has 18 heavy (non-hydrogen) atoms. The van der Waals surface area contributed by atoms with Crippen molar-refractivity contribution in [2.24, 2.45) is 0 Å². The Morgan fingerprint density at radius 3 is 2.78 bits per heavy atom. The first-order valence-corrected chi connectivity index (χ1v) is 6.54. The lowest BCUT2D eigenvalue weighted by Crippen LogP contribution is -2.03. The molecule has 0 atom stereocenters. The first-order chi connectivity index (χ1) is 8.65. The van der Waals surface area contributed by atoms with Crippen molar-refractivity contribution >= 4 is 5.97 Å². The zero-order valence-corrected chi connectivity index (χ0v) is 11.2. The normalized spacial score (nSPS) is 10.4. The summed E-state index contributed by atoms with van der Waals surface area (Å²) in [6, 6.07) is 5.49. The Labute approximate surface area is 108 Å². The van der Waals surface area contributed by atoms with E-state index in [-0.39, 0.29) is 11.8 Å². The highest BCUT2D eigenvalue weighted by Crippen LogP contribution is 2.15. The van der Waals surface area contributed by atoms with Gasteiger partial charge in [0.1, 0.15) is 5.82 Å². The van der Waals surface area contributed by atoms with E-state index in [2.05, 4.69) is 0 Å². The average Bonchev–Trinajstić information content (AvgIpc) is 2.34. The minimum atomic E-state index is -0.140. The van der Waals surface area contributed by atoms with Gasteiger partial charge in [-0.3, -0.25) is 4.79 Å². The van der Waals surface area contributed by atoms with Gasteiger partial charge in [-0.2, -0.15) is 0 Å². The van der Waals surface area contributed by atoms with E-state index < -0.39 is 0 Å². The van der Waals surface area contributed by atoms with Gasteiger partial charge in [0.2, 0.25) is 0 Å². The molecule has 2 nitrogen and oxygen atoms in total. The van der Waals surface area contributed by atoms with E-state index in [1.54, 1.807) is 19.9 Å². The maximum Gasteiger partial charge on any atom is 0.305 e. The molecule has 0 bridgehead atoms. The van der Waals surface area contributed by atoms with E-state index in [1.807, 2.05) is 12.1 Å². The van der Waals surface area contributed by atoms with Gasteiger partial charge in [0.05, 0.1) is 6.61 Å². The molecule has 1 rings (SSSR count). The zero-order chi connectivity index (χ0) is 13.4. The number of unbranched alkanes of at least 4 members (excludes halogenated alkanes) is 2. The predicted molar refractivity (Wildman–Crippen MR) is 69.9 cm³/mol. The third-order valence-electron chi connectivity index (χ3n) is 2.90. The van der Waals surface area contributed by atoms with Crippen molar-refractivity contribution in [1.29, 1.82) is 0 Å². The van der Waals surface area contributed by atoms with E-state index in [0.29, 0.717) is 18.6 Å². The number of hydrogen-bond acceptors (Lipinski definition) is 2. The van der Waals surface area contributed by atoms with Gasteiger partial charge < -0.3 is 4.74 Å². The second-order valence-electron chi connectivity index (χ2n) is 4.41. The fourth-order valence-corrected chi connectivity index (χ4v) is 1.90. The van der Waals surface area contributed by atoms with Crippen LogP contribution in [0.25, 0.3) is 0 Å². The first-order valence-electron chi connectivity index (χ1n) is 6.54. The molecule has 0 aliphatic rings. The van der Waals surface area contributed by atoms with Crippen LogP contribution in [0.15, 0.2) is 18.2 Å². The lowest BCUT2D eigenvalue weighted by molar-refractivity contribution is -0.143. The maximum absolute atomic E-state index is 13.7. The molecule has 0 amide bonds. The van der Waals surface area contributed by atoms with Gasteiger partial charge in [0.15, 0.2) is 0 Å². The highest BCUT2D eigenvalue weighted by Gasteiger charge is 2.05. The number of esters is 1. The molecule has 0 aromatic heterocycles. The van der Waals surface area contributed by atoms with Gasteiger partial charge in [0.25, 0.3) is 0 Å². The average molecular weight is 252 g/mol. The third kappa shape index (κ3) is 4.86. The van der Waals surface area contributed by atoms with Crippen LogP contribution in [0.2, 0.25) is 0 Å². The molecule has 3 heteroatoms. The molecule has 0 aliphatic carbocycles. The number of carbonyl (C=O) groups is 1. The molecule has 0 radical (unpaired) electrons. The van der Waals surface area contributed by atoms with Crippen LogP contribution in [-0.4, -0.2) is 12.6 Å². The van der Waals surface area contributed by atoms with Crippen LogP contribution in [0.3, 0.4) is 0 Å². The smallest absolute Gasteiger partial charge is 0.305 e. The van der Waals surface area contributed by atoms with Gasteiger partial charge in [-0.1, -0.05) is 24.6 Å². The van der Waals surface area contributed by atoms with Crippen molar-refractivity contribution in [2.75, 3.05) is 6.61 Å². The summed E-state index contributed by atoms with van der Waals surface area (Å²) in [5.41, 5.74) is 1.46. The van der Waals surface area contributed by atoms with Crippen LogP contribution < -0.4 is 0 Å². The molecule has 1 aromatic carbocycles. The Bertz CT molecular complexity index is 388. The van der Waals surface area contributed by atoms with Crippen molar-refractivity contribution in [2.45, 2.75) is 46.0 Å². The number of halogens is 1. The summed E-state index contributed by atoms with van der Waals surface area (Å²) < 4.78 is 18.5. The van der Waals surface area contributed by atoms with E-state index >= 15 is 0 Å². The Kier molecular flexibility index (Phi) is 6.40.